The molecule has 4 aromatic rings. The van der Waals surface area contributed by atoms with Gasteiger partial charge in [-0.05, 0) is 43.2 Å². The second-order valence-electron chi connectivity index (χ2n) is 7.68. The lowest BCUT2D eigenvalue weighted by molar-refractivity contribution is -0.114. The van der Waals surface area contributed by atoms with Gasteiger partial charge in [-0.1, -0.05) is 35.1 Å². The van der Waals surface area contributed by atoms with Crippen LogP contribution in [0.15, 0.2) is 58.2 Å². The third kappa shape index (κ3) is 4.61. The molecule has 2 aromatic carbocycles. The number of benzene rings is 2. The van der Waals surface area contributed by atoms with Crippen molar-refractivity contribution in [3.8, 4) is 22.8 Å². The number of nitrogens with one attached hydrogen (secondary N) is 1. The fourth-order valence-electron chi connectivity index (χ4n) is 3.53. The molecule has 1 amide bonds. The van der Waals surface area contributed by atoms with E-state index in [4.69, 9.17) is 9.26 Å². The number of carbonyl (C=O) groups excluding carboxylic acids is 1. The van der Waals surface area contributed by atoms with Crippen molar-refractivity contribution in [2.45, 2.75) is 36.6 Å². The molecule has 1 N–H and O–H groups in total. The Bertz CT molecular complexity index is 1300. The van der Waals surface area contributed by atoms with Gasteiger partial charge in [0, 0.05) is 18.5 Å². The van der Waals surface area contributed by atoms with E-state index in [2.05, 4.69) is 25.7 Å². The van der Waals surface area contributed by atoms with Crippen molar-refractivity contribution in [3.05, 3.63) is 60.2 Å². The second-order valence-corrected chi connectivity index (χ2v) is 8.63. The Morgan fingerprint density at radius 3 is 2.85 bits per heavy atom. The average molecular weight is 463 g/mol. The largest absolute Gasteiger partial charge is 0.496 e. The quantitative estimate of drug-likeness (QED) is 0.383. The minimum atomic E-state index is -0.116. The molecule has 0 radical (unpaired) electrons. The first-order valence-corrected chi connectivity index (χ1v) is 11.5. The monoisotopic (exact) mass is 462 g/mol. The van der Waals surface area contributed by atoms with Crippen molar-refractivity contribution in [3.63, 3.8) is 0 Å². The molecule has 0 unspecified atom stereocenters. The number of carbonyl (C=O) groups is 1. The zero-order valence-corrected chi connectivity index (χ0v) is 19.0. The van der Waals surface area contributed by atoms with Crippen molar-refractivity contribution < 1.29 is 14.1 Å². The normalized spacial score (nSPS) is 13.2. The van der Waals surface area contributed by atoms with Crippen molar-refractivity contribution in [2.24, 2.45) is 0 Å². The summed E-state index contributed by atoms with van der Waals surface area (Å²) >= 11 is 1.47. The predicted octanol–water partition coefficient (Wildman–Crippen LogP) is 4.45. The van der Waals surface area contributed by atoms with E-state index in [1.807, 2.05) is 53.1 Å². The SMILES string of the molecule is COc1ccccc1-c1noc(CSc2nnc(C3CC3)n2-c2cccc(NC(C)=O)c2)n1. The number of anilines is 1. The molecule has 5 rings (SSSR count). The summed E-state index contributed by atoms with van der Waals surface area (Å²) in [6, 6.07) is 15.2. The lowest BCUT2D eigenvalue weighted by atomic mass is 10.2. The first kappa shape index (κ1) is 21.2. The van der Waals surface area contributed by atoms with Gasteiger partial charge in [-0.15, -0.1) is 10.2 Å². The zero-order chi connectivity index (χ0) is 22.8. The van der Waals surface area contributed by atoms with E-state index in [0.717, 1.165) is 40.8 Å². The van der Waals surface area contributed by atoms with E-state index in [1.165, 1.54) is 18.7 Å². The molecule has 1 fully saturated rings. The van der Waals surface area contributed by atoms with E-state index in [-0.39, 0.29) is 5.91 Å². The molecule has 1 aliphatic rings. The van der Waals surface area contributed by atoms with Crippen LogP contribution >= 0.6 is 11.8 Å². The maximum atomic E-state index is 11.5. The molecular formula is C23H22N6O3S. The zero-order valence-electron chi connectivity index (χ0n) is 18.2. The van der Waals surface area contributed by atoms with E-state index in [1.54, 1.807) is 7.11 Å². The summed E-state index contributed by atoms with van der Waals surface area (Å²) in [4.78, 5) is 16.0. The van der Waals surface area contributed by atoms with E-state index in [9.17, 15) is 4.79 Å². The van der Waals surface area contributed by atoms with Crippen molar-refractivity contribution in [1.29, 1.82) is 0 Å². The fourth-order valence-corrected chi connectivity index (χ4v) is 4.32. The van der Waals surface area contributed by atoms with Crippen LogP contribution in [0.4, 0.5) is 5.69 Å². The molecule has 0 saturated heterocycles. The Labute approximate surface area is 194 Å². The van der Waals surface area contributed by atoms with E-state index in [0.29, 0.717) is 29.1 Å². The summed E-state index contributed by atoms with van der Waals surface area (Å²) in [5, 5.41) is 16.6. The summed E-state index contributed by atoms with van der Waals surface area (Å²) in [5.41, 5.74) is 2.40. The Balaban J connectivity index is 1.39. The summed E-state index contributed by atoms with van der Waals surface area (Å²) in [5.74, 6) is 3.30. The van der Waals surface area contributed by atoms with Crippen LogP contribution in [0.3, 0.4) is 0 Å². The Morgan fingerprint density at radius 2 is 2.06 bits per heavy atom. The number of para-hydroxylation sites is 1. The third-order valence-corrected chi connectivity index (χ3v) is 6.08. The molecule has 1 saturated carbocycles. The lowest BCUT2D eigenvalue weighted by Crippen LogP contribution is -2.07. The van der Waals surface area contributed by atoms with E-state index < -0.39 is 0 Å². The van der Waals surface area contributed by atoms with Gasteiger partial charge >= 0.3 is 0 Å². The highest BCUT2D eigenvalue weighted by molar-refractivity contribution is 7.98. The van der Waals surface area contributed by atoms with Gasteiger partial charge in [0.2, 0.25) is 17.6 Å². The number of aromatic nitrogens is 5. The first-order valence-electron chi connectivity index (χ1n) is 10.5. The highest BCUT2D eigenvalue weighted by atomic mass is 32.2. The molecule has 0 spiro atoms. The highest BCUT2D eigenvalue weighted by Crippen LogP contribution is 2.41. The van der Waals surface area contributed by atoms with Crippen LogP contribution in [-0.2, 0) is 10.5 Å². The molecule has 168 valence electrons. The number of hydrogen-bond donors (Lipinski definition) is 1. The number of nitrogens with zero attached hydrogens (tertiary/aromatic N) is 5. The summed E-state index contributed by atoms with van der Waals surface area (Å²) in [6.07, 6.45) is 2.19. The van der Waals surface area contributed by atoms with Crippen molar-refractivity contribution in [2.75, 3.05) is 12.4 Å². The Kier molecular flexibility index (Phi) is 5.82. The van der Waals surface area contributed by atoms with Gasteiger partial charge in [-0.2, -0.15) is 4.98 Å². The van der Waals surface area contributed by atoms with Gasteiger partial charge in [0.25, 0.3) is 0 Å². The minimum absolute atomic E-state index is 0.116. The molecule has 0 atom stereocenters. The average Bonchev–Trinajstić information content (AvgIpc) is 3.40. The smallest absolute Gasteiger partial charge is 0.237 e. The van der Waals surface area contributed by atoms with Gasteiger partial charge in [-0.25, -0.2) is 0 Å². The molecule has 2 heterocycles. The molecule has 0 bridgehead atoms. The second kappa shape index (κ2) is 9.07. The minimum Gasteiger partial charge on any atom is -0.496 e. The van der Waals surface area contributed by atoms with Crippen LogP contribution in [0.1, 0.15) is 37.4 Å². The molecule has 33 heavy (non-hydrogen) atoms. The van der Waals surface area contributed by atoms with Gasteiger partial charge < -0.3 is 14.6 Å². The van der Waals surface area contributed by atoms with Gasteiger partial charge in [-0.3, -0.25) is 9.36 Å². The summed E-state index contributed by atoms with van der Waals surface area (Å²) in [6.45, 7) is 1.49. The Hall–Kier alpha value is -3.66. The van der Waals surface area contributed by atoms with Crippen LogP contribution in [0, 0.1) is 0 Å². The van der Waals surface area contributed by atoms with Crippen LogP contribution in [0.5, 0.6) is 5.75 Å². The molecule has 10 heteroatoms. The summed E-state index contributed by atoms with van der Waals surface area (Å²) < 4.78 is 12.9. The number of amides is 1. The van der Waals surface area contributed by atoms with Crippen LogP contribution < -0.4 is 10.1 Å². The number of ether oxygens (including phenoxy) is 1. The maximum absolute atomic E-state index is 11.5. The van der Waals surface area contributed by atoms with Crippen molar-refractivity contribution in [1.82, 2.24) is 24.9 Å². The molecule has 9 nitrogen and oxygen atoms in total. The van der Waals surface area contributed by atoms with Crippen LogP contribution in [-0.4, -0.2) is 37.9 Å². The van der Waals surface area contributed by atoms with Crippen molar-refractivity contribution >= 4 is 23.4 Å². The predicted molar refractivity (Wildman–Crippen MR) is 123 cm³/mol. The standard InChI is InChI=1S/C23H22N6O3S/c1-14(30)24-16-6-5-7-17(12-16)29-22(15-10-11-15)26-27-23(29)33-13-20-25-21(28-32-20)18-8-3-4-9-19(18)31-2/h3-9,12,15H,10-11,13H2,1-2H3,(H,24,30). The van der Waals surface area contributed by atoms with Gasteiger partial charge in [0.05, 0.1) is 24.1 Å². The molecule has 1 aliphatic carbocycles. The summed E-state index contributed by atoms with van der Waals surface area (Å²) in [7, 11) is 1.61. The lowest BCUT2D eigenvalue weighted by Gasteiger charge is -2.11. The van der Waals surface area contributed by atoms with Crippen LogP contribution in [0.2, 0.25) is 0 Å². The number of rotatable bonds is 8. The first-order chi connectivity index (χ1) is 16.1. The van der Waals surface area contributed by atoms with Gasteiger partial charge in [0.1, 0.15) is 11.6 Å². The van der Waals surface area contributed by atoms with E-state index >= 15 is 0 Å². The number of thioether (sulfide) groups is 1. The molecule has 2 aromatic heterocycles. The van der Waals surface area contributed by atoms with Gasteiger partial charge in [0.15, 0.2) is 5.16 Å². The third-order valence-electron chi connectivity index (χ3n) is 5.17. The highest BCUT2D eigenvalue weighted by Gasteiger charge is 2.31. The number of hydrogen-bond acceptors (Lipinski definition) is 8. The Morgan fingerprint density at radius 1 is 1.21 bits per heavy atom. The number of methoxy groups -OCH3 is 1. The fraction of sp³-hybridized carbons (Fsp3) is 0.261. The maximum Gasteiger partial charge on any atom is 0.237 e. The molecule has 0 aliphatic heterocycles. The topological polar surface area (TPSA) is 108 Å². The van der Waals surface area contributed by atoms with Crippen LogP contribution in [0.25, 0.3) is 17.1 Å². The molecular weight excluding hydrogens is 440 g/mol.